The van der Waals surface area contributed by atoms with E-state index in [2.05, 4.69) is 28.9 Å². The lowest BCUT2D eigenvalue weighted by Gasteiger charge is -2.00. The minimum Gasteiger partial charge on any atom is -0.497 e. The molecule has 3 aromatic rings. The zero-order valence-electron chi connectivity index (χ0n) is 14.3. The second kappa shape index (κ2) is 7.94. The van der Waals surface area contributed by atoms with Gasteiger partial charge in [-0.25, -0.2) is 0 Å². The molecule has 0 N–H and O–H groups in total. The van der Waals surface area contributed by atoms with E-state index in [4.69, 9.17) is 9.47 Å². The summed E-state index contributed by atoms with van der Waals surface area (Å²) in [5.74, 6) is 0.589. The van der Waals surface area contributed by atoms with Gasteiger partial charge in [0.05, 0.1) is 7.11 Å². The summed E-state index contributed by atoms with van der Waals surface area (Å²) in [5.41, 5.74) is 2.25. The van der Waals surface area contributed by atoms with Gasteiger partial charge in [-0.3, -0.25) is 4.79 Å². The molecule has 0 aliphatic rings. The van der Waals surface area contributed by atoms with Crippen LogP contribution in [0.1, 0.15) is 17.5 Å². The number of rotatable bonds is 6. The van der Waals surface area contributed by atoms with Crippen LogP contribution in [0.15, 0.2) is 48.5 Å². The molecule has 5 heteroatoms. The summed E-state index contributed by atoms with van der Waals surface area (Å²) in [6, 6.07) is 16.2. The largest absolute Gasteiger partial charge is 0.497 e. The molecular formula is C20H20NO3S+. The predicted molar refractivity (Wildman–Crippen MR) is 101 cm³/mol. The Morgan fingerprint density at radius 2 is 1.88 bits per heavy atom. The molecule has 2 aromatic carbocycles. The Balaban J connectivity index is 1.88. The van der Waals surface area contributed by atoms with Crippen LogP contribution < -0.4 is 9.30 Å². The summed E-state index contributed by atoms with van der Waals surface area (Å²) in [6.45, 7) is 2.43. The molecule has 128 valence electrons. The van der Waals surface area contributed by atoms with Crippen molar-refractivity contribution >= 4 is 39.7 Å². The number of carbonyl (C=O) groups excluding carboxylic acids is 1. The summed E-state index contributed by atoms with van der Waals surface area (Å²) >= 11 is 1.72. The van der Waals surface area contributed by atoms with E-state index >= 15 is 0 Å². The van der Waals surface area contributed by atoms with Gasteiger partial charge in [0.25, 0.3) is 5.01 Å². The van der Waals surface area contributed by atoms with E-state index in [1.807, 2.05) is 36.4 Å². The third-order valence-electron chi connectivity index (χ3n) is 3.79. The summed E-state index contributed by atoms with van der Waals surface area (Å²) in [6.07, 6.45) is 4.17. The van der Waals surface area contributed by atoms with Crippen molar-refractivity contribution < 1.29 is 18.8 Å². The fourth-order valence-electron chi connectivity index (χ4n) is 2.57. The van der Waals surface area contributed by atoms with Crippen molar-refractivity contribution in [3.63, 3.8) is 0 Å². The number of thiazole rings is 1. The quantitative estimate of drug-likeness (QED) is 0.497. The van der Waals surface area contributed by atoms with E-state index < -0.39 is 0 Å². The number of nitrogens with zero attached hydrogens (tertiary/aromatic N) is 1. The molecule has 0 aliphatic carbocycles. The van der Waals surface area contributed by atoms with Crippen molar-refractivity contribution in [3.05, 3.63) is 59.1 Å². The number of ether oxygens (including phenoxy) is 2. The Hall–Kier alpha value is -2.66. The molecule has 0 radical (unpaired) electrons. The Morgan fingerprint density at radius 1 is 1.12 bits per heavy atom. The second-order valence-corrected chi connectivity index (χ2v) is 6.57. The fraction of sp³-hybridized carbons (Fsp3) is 0.200. The highest BCUT2D eigenvalue weighted by Gasteiger charge is 2.18. The topological polar surface area (TPSA) is 39.4 Å². The number of esters is 1. The van der Waals surface area contributed by atoms with Crippen LogP contribution in [0.2, 0.25) is 0 Å². The summed E-state index contributed by atoms with van der Waals surface area (Å²) < 4.78 is 13.7. The van der Waals surface area contributed by atoms with Gasteiger partial charge < -0.3 is 9.47 Å². The highest BCUT2D eigenvalue weighted by Crippen LogP contribution is 2.22. The smallest absolute Gasteiger partial charge is 0.302 e. The molecule has 1 aromatic heterocycles. The van der Waals surface area contributed by atoms with Crippen LogP contribution in [0, 0.1) is 0 Å². The van der Waals surface area contributed by atoms with Gasteiger partial charge in [0.15, 0.2) is 13.2 Å². The summed E-state index contributed by atoms with van der Waals surface area (Å²) in [7, 11) is 1.66. The normalized spacial score (nSPS) is 11.1. The maximum Gasteiger partial charge on any atom is 0.302 e. The van der Waals surface area contributed by atoms with Crippen LogP contribution in [-0.2, 0) is 16.1 Å². The molecule has 0 aliphatic heterocycles. The molecule has 0 bridgehead atoms. The maximum absolute atomic E-state index is 11.0. The number of fused-ring (bicyclic) bond motifs is 1. The molecule has 25 heavy (non-hydrogen) atoms. The summed E-state index contributed by atoms with van der Waals surface area (Å²) in [4.78, 5) is 11.0. The number of benzene rings is 2. The van der Waals surface area contributed by atoms with Crippen molar-refractivity contribution in [3.8, 4) is 5.75 Å². The molecule has 0 spiro atoms. The molecule has 4 nitrogen and oxygen atoms in total. The molecule has 0 amide bonds. The zero-order valence-corrected chi connectivity index (χ0v) is 15.1. The van der Waals surface area contributed by atoms with Gasteiger partial charge >= 0.3 is 5.97 Å². The van der Waals surface area contributed by atoms with Crippen molar-refractivity contribution in [2.75, 3.05) is 13.7 Å². The zero-order chi connectivity index (χ0) is 17.6. The van der Waals surface area contributed by atoms with Crippen LogP contribution in [0.5, 0.6) is 5.75 Å². The molecular weight excluding hydrogens is 334 g/mol. The lowest BCUT2D eigenvalue weighted by atomic mass is 10.2. The van der Waals surface area contributed by atoms with Gasteiger partial charge in [0.2, 0.25) is 5.52 Å². The first-order chi connectivity index (χ1) is 12.2. The first-order valence-corrected chi connectivity index (χ1v) is 8.86. The van der Waals surface area contributed by atoms with Crippen molar-refractivity contribution in [1.29, 1.82) is 0 Å². The van der Waals surface area contributed by atoms with Gasteiger partial charge in [-0.2, -0.15) is 4.57 Å². The standard InChI is InChI=1S/C20H20NO3S/c1-15(22)24-14-13-21-18-5-3-4-6-19(18)25-20(21)12-9-16-7-10-17(23-2)11-8-16/h3-12H,13-14H2,1-2H3/q+1. The van der Waals surface area contributed by atoms with Crippen LogP contribution in [0.3, 0.4) is 0 Å². The molecule has 1 heterocycles. The first kappa shape index (κ1) is 17.2. The number of carbonyl (C=O) groups is 1. The Morgan fingerprint density at radius 3 is 2.60 bits per heavy atom. The molecule has 0 saturated heterocycles. The van der Waals surface area contributed by atoms with Crippen molar-refractivity contribution in [2.24, 2.45) is 0 Å². The average Bonchev–Trinajstić information content (AvgIpc) is 2.98. The van der Waals surface area contributed by atoms with E-state index in [9.17, 15) is 4.79 Å². The molecule has 0 atom stereocenters. The van der Waals surface area contributed by atoms with E-state index in [1.165, 1.54) is 11.6 Å². The Bertz CT molecular complexity index is 897. The number of aromatic nitrogens is 1. The minimum atomic E-state index is -0.254. The number of methoxy groups -OCH3 is 1. The van der Waals surface area contributed by atoms with Gasteiger partial charge in [-0.05, 0) is 29.8 Å². The lowest BCUT2D eigenvalue weighted by Crippen LogP contribution is -2.37. The second-order valence-electron chi connectivity index (χ2n) is 5.51. The highest BCUT2D eigenvalue weighted by atomic mass is 32.1. The first-order valence-electron chi connectivity index (χ1n) is 8.04. The molecule has 3 rings (SSSR count). The Kier molecular flexibility index (Phi) is 5.46. The van der Waals surface area contributed by atoms with Crippen LogP contribution in [-0.4, -0.2) is 19.7 Å². The maximum atomic E-state index is 11.0. The van der Waals surface area contributed by atoms with E-state index in [1.54, 1.807) is 18.4 Å². The van der Waals surface area contributed by atoms with Crippen molar-refractivity contribution in [2.45, 2.75) is 13.5 Å². The number of hydrogen-bond donors (Lipinski definition) is 0. The van der Waals surface area contributed by atoms with Gasteiger partial charge in [-0.15, -0.1) is 0 Å². The average molecular weight is 354 g/mol. The molecule has 0 saturated carbocycles. The number of para-hydroxylation sites is 1. The third-order valence-corrected chi connectivity index (χ3v) is 4.92. The third kappa shape index (κ3) is 4.25. The minimum absolute atomic E-state index is 0.254. The lowest BCUT2D eigenvalue weighted by molar-refractivity contribution is -0.669. The van der Waals surface area contributed by atoms with Crippen LogP contribution >= 0.6 is 11.3 Å². The SMILES string of the molecule is COc1ccc(C=Cc2sc3ccccc3[n+]2CCOC(C)=O)cc1. The van der Waals surface area contributed by atoms with E-state index in [0.717, 1.165) is 21.8 Å². The van der Waals surface area contributed by atoms with Crippen LogP contribution in [0.25, 0.3) is 22.4 Å². The molecule has 0 fully saturated rings. The monoisotopic (exact) mass is 354 g/mol. The van der Waals surface area contributed by atoms with Gasteiger partial charge in [0.1, 0.15) is 10.4 Å². The van der Waals surface area contributed by atoms with Crippen LogP contribution in [0.4, 0.5) is 0 Å². The highest BCUT2D eigenvalue weighted by molar-refractivity contribution is 7.18. The predicted octanol–water partition coefficient (Wildman–Crippen LogP) is 3.93. The van der Waals surface area contributed by atoms with Crippen molar-refractivity contribution in [1.82, 2.24) is 0 Å². The van der Waals surface area contributed by atoms with E-state index in [0.29, 0.717) is 13.2 Å². The van der Waals surface area contributed by atoms with Gasteiger partial charge in [-0.1, -0.05) is 35.6 Å². The fourth-order valence-corrected chi connectivity index (χ4v) is 3.66. The summed E-state index contributed by atoms with van der Waals surface area (Å²) in [5, 5.41) is 1.11. The number of hydrogen-bond acceptors (Lipinski definition) is 4. The van der Waals surface area contributed by atoms with Gasteiger partial charge in [0, 0.05) is 19.1 Å². The Labute approximate surface area is 150 Å². The molecule has 0 unspecified atom stereocenters. The van der Waals surface area contributed by atoms with E-state index in [-0.39, 0.29) is 5.97 Å².